The van der Waals surface area contributed by atoms with E-state index in [1.807, 2.05) is 12.1 Å². The number of halogens is 2. The summed E-state index contributed by atoms with van der Waals surface area (Å²) in [4.78, 5) is 12.3. The largest absolute Gasteiger partial charge is 0.292 e. The molecule has 0 amide bonds. The van der Waals surface area contributed by atoms with Crippen molar-refractivity contribution in [1.29, 1.82) is 0 Å². The highest BCUT2D eigenvalue weighted by Crippen LogP contribution is 2.26. The molecule has 0 aliphatic carbocycles. The first-order chi connectivity index (χ1) is 9.49. The van der Waals surface area contributed by atoms with Gasteiger partial charge in [0, 0.05) is 5.56 Å². The average Bonchev–Trinajstić information content (AvgIpc) is 2.46. The van der Waals surface area contributed by atoms with E-state index in [2.05, 4.69) is 13.8 Å². The molecule has 0 spiro atoms. The second-order valence-electron chi connectivity index (χ2n) is 5.06. The summed E-state index contributed by atoms with van der Waals surface area (Å²) in [6.45, 7) is 4.19. The fourth-order valence-corrected chi connectivity index (χ4v) is 2.23. The number of hydrogen-bond donors (Lipinski definition) is 0. The summed E-state index contributed by atoms with van der Waals surface area (Å²) in [7, 11) is 0. The quantitative estimate of drug-likeness (QED) is 0.565. The van der Waals surface area contributed by atoms with Crippen LogP contribution in [0.5, 0.6) is 0 Å². The molecule has 0 aliphatic heterocycles. The Morgan fingerprint density at radius 1 is 0.950 bits per heavy atom. The van der Waals surface area contributed by atoms with Gasteiger partial charge in [-0.25, -0.2) is 4.39 Å². The van der Waals surface area contributed by atoms with Gasteiger partial charge in [0.05, 0.1) is 0 Å². The molecular formula is C17H16ClFO. The summed E-state index contributed by atoms with van der Waals surface area (Å²) < 4.78 is 12.9. The van der Waals surface area contributed by atoms with Crippen LogP contribution in [-0.4, -0.2) is 5.78 Å². The number of hydrogen-bond acceptors (Lipinski definition) is 1. The predicted molar refractivity (Wildman–Crippen MR) is 79.9 cm³/mol. The third kappa shape index (κ3) is 3.26. The van der Waals surface area contributed by atoms with Crippen molar-refractivity contribution in [2.45, 2.75) is 25.1 Å². The Morgan fingerprint density at radius 3 is 1.95 bits per heavy atom. The molecule has 0 aliphatic rings. The third-order valence-electron chi connectivity index (χ3n) is 3.25. The minimum absolute atomic E-state index is 0.173. The van der Waals surface area contributed by atoms with Crippen molar-refractivity contribution < 1.29 is 9.18 Å². The SMILES string of the molecule is CC(C)c1ccc(C(=O)C(Cl)c2ccc(F)cc2)cc1. The van der Waals surface area contributed by atoms with Crippen LogP contribution in [0.15, 0.2) is 48.5 Å². The summed E-state index contributed by atoms with van der Waals surface area (Å²) in [5.41, 5.74) is 2.35. The second kappa shape index (κ2) is 6.19. The summed E-state index contributed by atoms with van der Waals surface area (Å²) in [5, 5.41) is -0.791. The summed E-state index contributed by atoms with van der Waals surface area (Å²) in [6.07, 6.45) is 0. The van der Waals surface area contributed by atoms with E-state index in [1.165, 1.54) is 29.8 Å². The Kier molecular flexibility index (Phi) is 4.56. The first-order valence-electron chi connectivity index (χ1n) is 6.52. The Labute approximate surface area is 123 Å². The van der Waals surface area contributed by atoms with E-state index in [0.717, 1.165) is 0 Å². The minimum atomic E-state index is -0.791. The molecule has 1 atom stereocenters. The summed E-state index contributed by atoms with van der Waals surface area (Å²) in [5.74, 6) is -0.0945. The van der Waals surface area contributed by atoms with Crippen molar-refractivity contribution in [2.75, 3.05) is 0 Å². The fourth-order valence-electron chi connectivity index (χ4n) is 1.96. The van der Waals surface area contributed by atoms with Crippen LogP contribution in [0.25, 0.3) is 0 Å². The van der Waals surface area contributed by atoms with Crippen LogP contribution in [0.2, 0.25) is 0 Å². The van der Waals surface area contributed by atoms with E-state index in [0.29, 0.717) is 17.0 Å². The first-order valence-corrected chi connectivity index (χ1v) is 6.96. The Morgan fingerprint density at radius 2 is 1.45 bits per heavy atom. The van der Waals surface area contributed by atoms with Crippen molar-refractivity contribution in [2.24, 2.45) is 0 Å². The smallest absolute Gasteiger partial charge is 0.185 e. The molecule has 0 bridgehead atoms. The molecule has 20 heavy (non-hydrogen) atoms. The number of carbonyl (C=O) groups excluding carboxylic acids is 1. The lowest BCUT2D eigenvalue weighted by molar-refractivity contribution is 0.0987. The molecule has 104 valence electrons. The lowest BCUT2D eigenvalue weighted by Gasteiger charge is -2.10. The molecular weight excluding hydrogens is 275 g/mol. The van der Waals surface area contributed by atoms with E-state index in [1.54, 1.807) is 12.1 Å². The van der Waals surface area contributed by atoms with Crippen LogP contribution in [-0.2, 0) is 0 Å². The van der Waals surface area contributed by atoms with Crippen LogP contribution in [0.3, 0.4) is 0 Å². The summed E-state index contributed by atoms with van der Waals surface area (Å²) >= 11 is 6.17. The van der Waals surface area contributed by atoms with Crippen molar-refractivity contribution in [1.82, 2.24) is 0 Å². The fraction of sp³-hybridized carbons (Fsp3) is 0.235. The second-order valence-corrected chi connectivity index (χ2v) is 5.49. The van der Waals surface area contributed by atoms with E-state index >= 15 is 0 Å². The van der Waals surface area contributed by atoms with Gasteiger partial charge in [0.2, 0.25) is 0 Å². The van der Waals surface area contributed by atoms with Crippen LogP contribution < -0.4 is 0 Å². The normalized spacial score (nSPS) is 12.4. The molecule has 2 aromatic rings. The molecule has 0 heterocycles. The Hall–Kier alpha value is -1.67. The molecule has 0 fully saturated rings. The van der Waals surface area contributed by atoms with Gasteiger partial charge in [-0.2, -0.15) is 0 Å². The molecule has 0 saturated carbocycles. The average molecular weight is 291 g/mol. The van der Waals surface area contributed by atoms with Crippen molar-refractivity contribution >= 4 is 17.4 Å². The molecule has 1 nitrogen and oxygen atoms in total. The van der Waals surface area contributed by atoms with Gasteiger partial charge < -0.3 is 0 Å². The number of benzene rings is 2. The molecule has 1 unspecified atom stereocenters. The number of ketones is 1. The highest BCUT2D eigenvalue weighted by molar-refractivity contribution is 6.33. The van der Waals surface area contributed by atoms with Gasteiger partial charge in [-0.15, -0.1) is 11.6 Å². The zero-order chi connectivity index (χ0) is 14.7. The van der Waals surface area contributed by atoms with E-state index in [-0.39, 0.29) is 11.6 Å². The van der Waals surface area contributed by atoms with Gasteiger partial charge in [-0.1, -0.05) is 50.2 Å². The van der Waals surface area contributed by atoms with E-state index < -0.39 is 5.38 Å². The maximum absolute atomic E-state index is 12.9. The first kappa shape index (κ1) is 14.7. The predicted octanol–water partition coefficient (Wildman–Crippen LogP) is 5.11. The molecule has 0 aromatic heterocycles. The maximum Gasteiger partial charge on any atom is 0.185 e. The van der Waals surface area contributed by atoms with Crippen LogP contribution in [0, 0.1) is 5.82 Å². The van der Waals surface area contributed by atoms with Gasteiger partial charge >= 0.3 is 0 Å². The lowest BCUT2D eigenvalue weighted by Crippen LogP contribution is -2.07. The van der Waals surface area contributed by atoms with Crippen LogP contribution in [0.4, 0.5) is 4.39 Å². The van der Waals surface area contributed by atoms with E-state index in [4.69, 9.17) is 11.6 Å². The molecule has 0 N–H and O–H groups in total. The highest BCUT2D eigenvalue weighted by atomic mass is 35.5. The molecule has 2 rings (SSSR count). The number of alkyl halides is 1. The van der Waals surface area contributed by atoms with Crippen LogP contribution in [0.1, 0.15) is 46.6 Å². The van der Waals surface area contributed by atoms with Crippen molar-refractivity contribution in [3.8, 4) is 0 Å². The summed E-state index contributed by atoms with van der Waals surface area (Å²) in [6, 6.07) is 13.1. The molecule has 0 saturated heterocycles. The van der Waals surface area contributed by atoms with Gasteiger partial charge in [-0.05, 0) is 29.2 Å². The Bertz CT molecular complexity index is 587. The molecule has 3 heteroatoms. The minimum Gasteiger partial charge on any atom is -0.292 e. The zero-order valence-electron chi connectivity index (χ0n) is 11.4. The maximum atomic E-state index is 12.9. The monoisotopic (exact) mass is 290 g/mol. The van der Waals surface area contributed by atoms with Gasteiger partial charge in [0.25, 0.3) is 0 Å². The van der Waals surface area contributed by atoms with E-state index in [9.17, 15) is 9.18 Å². The zero-order valence-corrected chi connectivity index (χ0v) is 12.2. The van der Waals surface area contributed by atoms with Gasteiger partial charge in [0.15, 0.2) is 5.78 Å². The molecule has 2 aromatic carbocycles. The van der Waals surface area contributed by atoms with Crippen molar-refractivity contribution in [3.63, 3.8) is 0 Å². The topological polar surface area (TPSA) is 17.1 Å². The number of Topliss-reactive ketones (excluding diaryl/α,β-unsaturated/α-hetero) is 1. The Balaban J connectivity index is 2.20. The number of carbonyl (C=O) groups is 1. The standard InChI is InChI=1S/C17H16ClFO/c1-11(2)12-3-5-14(6-4-12)17(20)16(18)13-7-9-15(19)10-8-13/h3-11,16H,1-2H3. The third-order valence-corrected chi connectivity index (χ3v) is 3.70. The van der Waals surface area contributed by atoms with Crippen molar-refractivity contribution in [3.05, 3.63) is 71.0 Å². The highest BCUT2D eigenvalue weighted by Gasteiger charge is 2.19. The number of rotatable bonds is 4. The van der Waals surface area contributed by atoms with Gasteiger partial charge in [-0.3, -0.25) is 4.79 Å². The molecule has 0 radical (unpaired) electrons. The van der Waals surface area contributed by atoms with Gasteiger partial charge in [0.1, 0.15) is 11.2 Å². The van der Waals surface area contributed by atoms with Crippen LogP contribution >= 0.6 is 11.6 Å². The lowest BCUT2D eigenvalue weighted by atomic mass is 9.98.